The van der Waals surface area contributed by atoms with Crippen molar-refractivity contribution in [1.82, 2.24) is 20.5 Å². The van der Waals surface area contributed by atoms with Gasteiger partial charge in [0.15, 0.2) is 0 Å². The second-order valence-electron chi connectivity index (χ2n) is 11.2. The number of amides is 4. The lowest BCUT2D eigenvalue weighted by Gasteiger charge is -2.30. The van der Waals surface area contributed by atoms with Crippen molar-refractivity contribution < 1.29 is 23.9 Å². The molecule has 1 fully saturated rings. The minimum atomic E-state index is -1.22. The molecule has 4 amide bonds. The van der Waals surface area contributed by atoms with Gasteiger partial charge in [-0.1, -0.05) is 54.6 Å². The van der Waals surface area contributed by atoms with Gasteiger partial charge in [0.25, 0.3) is 5.91 Å². The van der Waals surface area contributed by atoms with E-state index in [0.717, 1.165) is 10.9 Å². The van der Waals surface area contributed by atoms with Gasteiger partial charge in [-0.3, -0.25) is 19.2 Å². The summed E-state index contributed by atoms with van der Waals surface area (Å²) in [5.74, 6) is -1.93. The molecule has 0 radical (unpaired) electrons. The van der Waals surface area contributed by atoms with E-state index in [2.05, 4.69) is 15.6 Å². The van der Waals surface area contributed by atoms with Gasteiger partial charge in [-0.15, -0.1) is 0 Å². The lowest BCUT2D eigenvalue weighted by Crippen LogP contribution is -2.53. The molecule has 2 heterocycles. The van der Waals surface area contributed by atoms with Gasteiger partial charge in [0.2, 0.25) is 17.7 Å². The summed E-state index contributed by atoms with van der Waals surface area (Å²) in [6, 6.07) is 18.6. The van der Waals surface area contributed by atoms with Crippen molar-refractivity contribution in [3.8, 4) is 0 Å². The van der Waals surface area contributed by atoms with E-state index in [4.69, 9.17) is 10.5 Å². The molecule has 1 aliphatic rings. The number of hydrogen-bond donors (Lipinski definition) is 3. The highest BCUT2D eigenvalue weighted by Gasteiger charge is 2.47. The Morgan fingerprint density at radius 3 is 2.24 bits per heavy atom. The van der Waals surface area contributed by atoms with Crippen molar-refractivity contribution in [2.75, 3.05) is 0 Å². The second-order valence-corrected chi connectivity index (χ2v) is 11.2. The molecule has 10 nitrogen and oxygen atoms in total. The van der Waals surface area contributed by atoms with Crippen LogP contribution < -0.4 is 16.4 Å². The summed E-state index contributed by atoms with van der Waals surface area (Å²) < 4.78 is 5.93. The van der Waals surface area contributed by atoms with Crippen LogP contribution in [0, 0.1) is 0 Å². The molecular weight excluding hydrogens is 534 g/mol. The minimum Gasteiger partial charge on any atom is -0.370 e. The van der Waals surface area contributed by atoms with Gasteiger partial charge in [-0.25, -0.2) is 4.98 Å². The highest BCUT2D eigenvalue weighted by atomic mass is 16.6. The van der Waals surface area contributed by atoms with Gasteiger partial charge < -0.3 is 26.0 Å². The fraction of sp³-hybridized carbons (Fsp3) is 0.406. The van der Waals surface area contributed by atoms with Crippen molar-refractivity contribution in [3.63, 3.8) is 0 Å². The number of nitrogens with one attached hydrogen (secondary N) is 2. The van der Waals surface area contributed by atoms with Gasteiger partial charge in [0.1, 0.15) is 17.8 Å². The van der Waals surface area contributed by atoms with Crippen LogP contribution in [-0.4, -0.2) is 69.9 Å². The third-order valence-electron chi connectivity index (χ3n) is 7.28. The van der Waals surface area contributed by atoms with E-state index in [0.29, 0.717) is 11.9 Å². The topological polar surface area (TPSA) is 147 Å². The molecule has 0 saturated carbocycles. The molecular formula is C32H39N5O5. The Labute approximate surface area is 246 Å². The minimum absolute atomic E-state index is 0.0148. The van der Waals surface area contributed by atoms with E-state index in [9.17, 15) is 19.2 Å². The van der Waals surface area contributed by atoms with Crippen molar-refractivity contribution in [2.24, 2.45) is 5.73 Å². The molecule has 4 N–H and O–H groups in total. The Hall–Kier alpha value is -4.31. The molecule has 4 rings (SSSR count). The van der Waals surface area contributed by atoms with Crippen molar-refractivity contribution in [3.05, 3.63) is 78.0 Å². The number of nitrogens with zero attached hydrogens (tertiary/aromatic N) is 2. The number of carbonyl (C=O) groups excluding carboxylic acids is 4. The van der Waals surface area contributed by atoms with E-state index in [1.807, 2.05) is 81.1 Å². The van der Waals surface area contributed by atoms with Crippen molar-refractivity contribution >= 4 is 34.5 Å². The smallest absolute Gasteiger partial charge is 0.270 e. The van der Waals surface area contributed by atoms with Crippen LogP contribution in [0.5, 0.6) is 0 Å². The lowest BCUT2D eigenvalue weighted by atomic mass is 9.99. The van der Waals surface area contributed by atoms with E-state index < -0.39 is 42.3 Å². The van der Waals surface area contributed by atoms with Crippen molar-refractivity contribution in [2.45, 2.75) is 83.3 Å². The first-order valence-electron chi connectivity index (χ1n) is 14.3. The van der Waals surface area contributed by atoms with E-state index in [-0.39, 0.29) is 36.2 Å². The SMILES string of the molecule is CC(C)N(C(=O)C[C@@H]1O[C@@H]1[C@H](Cc1ccccc1)NC(=O)[C@H](CC(N)=O)NC(=O)c1ccc2ccccc2n1)C(C)C. The number of primary amides is 1. The number of benzene rings is 2. The number of aromatic nitrogens is 1. The Morgan fingerprint density at radius 1 is 0.905 bits per heavy atom. The first-order valence-corrected chi connectivity index (χ1v) is 14.3. The van der Waals surface area contributed by atoms with Crippen LogP contribution in [0.3, 0.4) is 0 Å². The molecule has 1 aromatic heterocycles. The zero-order valence-electron chi connectivity index (χ0n) is 24.4. The third-order valence-corrected chi connectivity index (χ3v) is 7.28. The maximum atomic E-state index is 13.5. The van der Waals surface area contributed by atoms with E-state index in [1.54, 1.807) is 18.2 Å². The summed E-state index contributed by atoms with van der Waals surface area (Å²) in [7, 11) is 0. The van der Waals surface area contributed by atoms with Crippen LogP contribution in [-0.2, 0) is 25.5 Å². The van der Waals surface area contributed by atoms with Crippen LogP contribution in [0.1, 0.15) is 56.6 Å². The molecule has 1 saturated heterocycles. The van der Waals surface area contributed by atoms with E-state index >= 15 is 0 Å². The van der Waals surface area contributed by atoms with Gasteiger partial charge in [-0.2, -0.15) is 0 Å². The molecule has 3 aromatic rings. The quantitative estimate of drug-likeness (QED) is 0.268. The predicted molar refractivity (Wildman–Crippen MR) is 159 cm³/mol. The maximum Gasteiger partial charge on any atom is 0.270 e. The number of hydrogen-bond acceptors (Lipinski definition) is 6. The lowest BCUT2D eigenvalue weighted by molar-refractivity contribution is -0.135. The van der Waals surface area contributed by atoms with Crippen LogP contribution in [0.2, 0.25) is 0 Å². The standard InChI is InChI=1S/C32H39N5O5/c1-19(2)37(20(3)4)29(39)18-27-30(42-27)25(16-21-10-6-5-7-11-21)35-32(41)26(17-28(33)38)36-31(40)24-15-14-22-12-8-9-13-23(22)34-24/h5-15,19-20,25-27,30H,16-18H2,1-4H3,(H2,33,38)(H,35,41)(H,36,40)/t25-,26-,27-,30+/m0/s1. The molecule has 0 unspecified atom stereocenters. The van der Waals surface area contributed by atoms with Gasteiger partial charge in [0, 0.05) is 17.5 Å². The highest BCUT2D eigenvalue weighted by molar-refractivity contribution is 5.99. The maximum absolute atomic E-state index is 13.5. The molecule has 0 bridgehead atoms. The second kappa shape index (κ2) is 13.6. The predicted octanol–water partition coefficient (Wildman–Crippen LogP) is 2.74. The van der Waals surface area contributed by atoms with E-state index in [1.165, 1.54) is 0 Å². The molecule has 2 aromatic carbocycles. The number of rotatable bonds is 13. The number of carbonyl (C=O) groups is 4. The summed E-state index contributed by atoms with van der Waals surface area (Å²) in [6.45, 7) is 7.90. The largest absolute Gasteiger partial charge is 0.370 e. The third kappa shape index (κ3) is 7.91. The summed E-state index contributed by atoms with van der Waals surface area (Å²) in [4.78, 5) is 57.7. The number of para-hydroxylation sites is 1. The van der Waals surface area contributed by atoms with Gasteiger partial charge in [0.05, 0.1) is 30.5 Å². The Morgan fingerprint density at radius 2 is 1.57 bits per heavy atom. The monoisotopic (exact) mass is 573 g/mol. The normalized spacial score (nSPS) is 17.5. The first-order chi connectivity index (χ1) is 20.0. The highest BCUT2D eigenvalue weighted by Crippen LogP contribution is 2.31. The summed E-state index contributed by atoms with van der Waals surface area (Å²) in [5.41, 5.74) is 7.15. The molecule has 1 aliphatic heterocycles. The fourth-order valence-electron chi connectivity index (χ4n) is 5.36. The number of ether oxygens (including phenoxy) is 1. The molecule has 222 valence electrons. The summed E-state index contributed by atoms with van der Waals surface area (Å²) >= 11 is 0. The van der Waals surface area contributed by atoms with Crippen LogP contribution in [0.25, 0.3) is 10.9 Å². The number of pyridine rings is 1. The zero-order chi connectivity index (χ0) is 30.4. The molecule has 42 heavy (non-hydrogen) atoms. The van der Waals surface area contributed by atoms with Crippen LogP contribution in [0.4, 0.5) is 0 Å². The average Bonchev–Trinajstić information content (AvgIpc) is 3.70. The fourth-order valence-corrected chi connectivity index (χ4v) is 5.36. The summed E-state index contributed by atoms with van der Waals surface area (Å²) in [6.07, 6.45) is -0.543. The number of nitrogens with two attached hydrogens (primary N) is 1. The average molecular weight is 574 g/mol. The van der Waals surface area contributed by atoms with Crippen LogP contribution >= 0.6 is 0 Å². The molecule has 10 heteroatoms. The van der Waals surface area contributed by atoms with Crippen LogP contribution in [0.15, 0.2) is 66.7 Å². The number of fused-ring (bicyclic) bond motifs is 1. The Kier molecular flexibility index (Phi) is 9.90. The van der Waals surface area contributed by atoms with Crippen molar-refractivity contribution in [1.29, 1.82) is 0 Å². The van der Waals surface area contributed by atoms with Gasteiger partial charge >= 0.3 is 0 Å². The summed E-state index contributed by atoms with van der Waals surface area (Å²) in [5, 5.41) is 6.46. The first kappa shape index (κ1) is 30.6. The van der Waals surface area contributed by atoms with Gasteiger partial charge in [-0.05, 0) is 51.8 Å². The number of epoxide rings is 1. The molecule has 0 spiro atoms. The molecule has 4 atom stereocenters. The Balaban J connectivity index is 1.49. The zero-order valence-corrected chi connectivity index (χ0v) is 24.4. The molecule has 0 aliphatic carbocycles. The Bertz CT molecular complexity index is 1420.